The molecular weight excluding hydrogens is 271 g/mol. The van der Waals surface area contributed by atoms with E-state index in [0.29, 0.717) is 11.3 Å². The minimum absolute atomic E-state index is 0.227. The van der Waals surface area contributed by atoms with Crippen LogP contribution in [0.25, 0.3) is 5.03 Å². The average Bonchev–Trinajstić information content (AvgIpc) is 2.85. The molecule has 3 nitrogen and oxygen atoms in total. The van der Waals surface area contributed by atoms with Crippen molar-refractivity contribution in [3.63, 3.8) is 0 Å². The number of hydrogen-bond donors (Lipinski definition) is 2. The zero-order chi connectivity index (χ0) is 14.6. The normalized spacial score (nSPS) is 20.2. The Kier molecular flexibility index (Phi) is 4.95. The van der Waals surface area contributed by atoms with Gasteiger partial charge in [-0.3, -0.25) is 0 Å². The Hall–Kier alpha value is -1.55. The summed E-state index contributed by atoms with van der Waals surface area (Å²) in [5.41, 5.74) is 1.28. The Labute approximate surface area is 116 Å². The van der Waals surface area contributed by atoms with Crippen LogP contribution in [0.2, 0.25) is 0 Å². The molecule has 1 aliphatic carbocycles. The van der Waals surface area contributed by atoms with Gasteiger partial charge in [-0.2, -0.15) is 0 Å². The van der Waals surface area contributed by atoms with Crippen molar-refractivity contribution in [3.05, 3.63) is 41.7 Å². The molecule has 1 unspecified atom stereocenters. The van der Waals surface area contributed by atoms with E-state index >= 15 is 0 Å². The highest BCUT2D eigenvalue weighted by Crippen LogP contribution is 2.53. The number of carbonyl (C=O) groups is 1. The molecule has 0 amide bonds. The molecule has 1 saturated carbocycles. The van der Waals surface area contributed by atoms with Crippen molar-refractivity contribution in [2.24, 2.45) is 11.3 Å². The molecule has 0 aliphatic heterocycles. The molecule has 1 fully saturated rings. The molecule has 0 heterocycles. The van der Waals surface area contributed by atoms with Gasteiger partial charge in [0.25, 0.3) is 0 Å². The van der Waals surface area contributed by atoms with Gasteiger partial charge in [-0.15, -0.1) is 0 Å². The fourth-order valence-corrected chi connectivity index (χ4v) is 1.95. The lowest BCUT2D eigenvalue weighted by Gasteiger charge is -2.01. The summed E-state index contributed by atoms with van der Waals surface area (Å²) in [7, 11) is 0. The first kappa shape index (κ1) is 15.5. The fourth-order valence-electron chi connectivity index (χ4n) is 1.67. The molecular formula is C14H16ClFO3. The van der Waals surface area contributed by atoms with E-state index in [1.807, 2.05) is 0 Å². The molecule has 1 aromatic rings. The summed E-state index contributed by atoms with van der Waals surface area (Å²) in [5.74, 6) is 0.338. The predicted octanol–water partition coefficient (Wildman–Crippen LogP) is 4.67. The molecule has 5 heteroatoms. The summed E-state index contributed by atoms with van der Waals surface area (Å²) < 4.78 is 12.7. The molecule has 104 valence electrons. The minimum Gasteiger partial charge on any atom is -0.450 e. The second kappa shape index (κ2) is 6.06. The Morgan fingerprint density at radius 2 is 1.79 bits per heavy atom. The van der Waals surface area contributed by atoms with Crippen LogP contribution < -0.4 is 0 Å². The summed E-state index contributed by atoms with van der Waals surface area (Å²) in [6, 6.07) is 6.29. The molecule has 0 bridgehead atoms. The van der Waals surface area contributed by atoms with E-state index < -0.39 is 6.16 Å². The van der Waals surface area contributed by atoms with Crippen LogP contribution in [0.1, 0.15) is 25.8 Å². The third-order valence-electron chi connectivity index (χ3n) is 3.06. The number of halogens is 2. The predicted molar refractivity (Wildman–Crippen MR) is 72.8 cm³/mol. The Bertz CT molecular complexity index is 476. The van der Waals surface area contributed by atoms with Crippen molar-refractivity contribution in [2.75, 3.05) is 0 Å². The summed E-state index contributed by atoms with van der Waals surface area (Å²) >= 11 is 6.16. The topological polar surface area (TPSA) is 57.5 Å². The van der Waals surface area contributed by atoms with Crippen molar-refractivity contribution < 1.29 is 19.4 Å². The summed E-state index contributed by atoms with van der Waals surface area (Å²) in [6.45, 7) is 4.45. The summed E-state index contributed by atoms with van der Waals surface area (Å²) in [6.07, 6.45) is 1.43. The van der Waals surface area contributed by atoms with Gasteiger partial charge in [-0.1, -0.05) is 43.7 Å². The number of benzene rings is 1. The Balaban J connectivity index is 0.000000399. The van der Waals surface area contributed by atoms with Crippen molar-refractivity contribution in [3.8, 4) is 0 Å². The summed E-state index contributed by atoms with van der Waals surface area (Å²) in [4.78, 5) is 8.56. The van der Waals surface area contributed by atoms with Crippen molar-refractivity contribution in [1.29, 1.82) is 0 Å². The first-order chi connectivity index (χ1) is 8.72. The van der Waals surface area contributed by atoms with E-state index in [2.05, 4.69) is 19.9 Å². The second-order valence-corrected chi connectivity index (χ2v) is 5.51. The van der Waals surface area contributed by atoms with Gasteiger partial charge in [0.2, 0.25) is 0 Å². The van der Waals surface area contributed by atoms with Gasteiger partial charge in [0.15, 0.2) is 0 Å². The maximum atomic E-state index is 12.7. The average molecular weight is 287 g/mol. The highest BCUT2D eigenvalue weighted by atomic mass is 35.5. The molecule has 0 aromatic heterocycles. The van der Waals surface area contributed by atoms with E-state index in [9.17, 15) is 4.39 Å². The number of hydrogen-bond acceptors (Lipinski definition) is 1. The first-order valence-corrected chi connectivity index (χ1v) is 6.15. The quantitative estimate of drug-likeness (QED) is 0.830. The van der Waals surface area contributed by atoms with Crippen LogP contribution in [0, 0.1) is 17.2 Å². The molecule has 0 saturated heterocycles. The van der Waals surface area contributed by atoms with Crippen LogP contribution in [-0.4, -0.2) is 16.4 Å². The zero-order valence-corrected chi connectivity index (χ0v) is 11.5. The monoisotopic (exact) mass is 286 g/mol. The second-order valence-electron chi connectivity index (χ2n) is 5.10. The van der Waals surface area contributed by atoms with E-state index in [0.717, 1.165) is 10.6 Å². The van der Waals surface area contributed by atoms with Crippen molar-refractivity contribution >= 4 is 22.8 Å². The van der Waals surface area contributed by atoms with E-state index in [1.165, 1.54) is 18.6 Å². The molecule has 2 rings (SSSR count). The highest BCUT2D eigenvalue weighted by molar-refractivity contribution is 6.48. The van der Waals surface area contributed by atoms with Crippen LogP contribution in [0.15, 0.2) is 30.3 Å². The Morgan fingerprint density at radius 3 is 2.16 bits per heavy atom. The molecule has 2 N–H and O–H groups in total. The standard InChI is InChI=1S/C13H14ClF.CH2O3/c1-13(2)8-10(13)7-12(14)9-3-5-11(15)6-4-9;2-1(3)4/h3-7,10H,8H2,1-2H3;(H2,2,3,4). The van der Waals surface area contributed by atoms with Crippen LogP contribution in [0.3, 0.4) is 0 Å². The van der Waals surface area contributed by atoms with Gasteiger partial charge in [0.1, 0.15) is 5.82 Å². The van der Waals surface area contributed by atoms with Crippen molar-refractivity contribution in [1.82, 2.24) is 0 Å². The van der Waals surface area contributed by atoms with Crippen LogP contribution >= 0.6 is 11.6 Å². The van der Waals surface area contributed by atoms with E-state index in [4.69, 9.17) is 26.6 Å². The van der Waals surface area contributed by atoms with Crippen LogP contribution in [-0.2, 0) is 0 Å². The molecule has 1 atom stereocenters. The molecule has 19 heavy (non-hydrogen) atoms. The zero-order valence-electron chi connectivity index (χ0n) is 10.7. The molecule has 0 spiro atoms. The largest absolute Gasteiger partial charge is 0.503 e. The fraction of sp³-hybridized carbons (Fsp3) is 0.357. The SMILES string of the molecule is CC1(C)CC1C=C(Cl)c1ccc(F)cc1.O=C(O)O. The number of rotatable bonds is 2. The third kappa shape index (κ3) is 5.30. The van der Waals surface area contributed by atoms with Gasteiger partial charge < -0.3 is 10.2 Å². The van der Waals surface area contributed by atoms with Gasteiger partial charge in [0.05, 0.1) is 0 Å². The van der Waals surface area contributed by atoms with Crippen molar-refractivity contribution in [2.45, 2.75) is 20.3 Å². The smallest absolute Gasteiger partial charge is 0.450 e. The maximum absolute atomic E-state index is 12.7. The highest BCUT2D eigenvalue weighted by Gasteiger charge is 2.43. The molecule has 0 radical (unpaired) electrons. The lowest BCUT2D eigenvalue weighted by Crippen LogP contribution is -1.87. The third-order valence-corrected chi connectivity index (χ3v) is 3.40. The Morgan fingerprint density at radius 1 is 1.37 bits per heavy atom. The summed E-state index contributed by atoms with van der Waals surface area (Å²) in [5, 5.41) is 14.7. The van der Waals surface area contributed by atoms with Crippen LogP contribution in [0.5, 0.6) is 0 Å². The minimum atomic E-state index is -1.83. The number of allylic oxidation sites excluding steroid dienone is 1. The van der Waals surface area contributed by atoms with E-state index in [-0.39, 0.29) is 5.82 Å². The van der Waals surface area contributed by atoms with Gasteiger partial charge in [0, 0.05) is 5.03 Å². The number of carboxylic acid groups (broad SMARTS) is 2. The lowest BCUT2D eigenvalue weighted by atomic mass is 10.1. The maximum Gasteiger partial charge on any atom is 0.503 e. The van der Waals surface area contributed by atoms with Crippen LogP contribution in [0.4, 0.5) is 9.18 Å². The van der Waals surface area contributed by atoms with Gasteiger partial charge in [-0.05, 0) is 35.4 Å². The molecule has 1 aromatic carbocycles. The van der Waals surface area contributed by atoms with Gasteiger partial charge >= 0.3 is 6.16 Å². The molecule has 1 aliphatic rings. The van der Waals surface area contributed by atoms with E-state index in [1.54, 1.807) is 12.1 Å². The first-order valence-electron chi connectivity index (χ1n) is 5.77. The lowest BCUT2D eigenvalue weighted by molar-refractivity contribution is 0.137. The van der Waals surface area contributed by atoms with Gasteiger partial charge in [-0.25, -0.2) is 9.18 Å².